The van der Waals surface area contributed by atoms with Gasteiger partial charge in [-0.25, -0.2) is 12.1 Å². The molecule has 0 aliphatic carbocycles. The molecular weight excluding hydrogens is 478 g/mol. The van der Waals surface area contributed by atoms with E-state index in [9.17, 15) is 4.11 Å². The minimum Gasteiger partial charge on any atom is -0.396 e. The quantitative estimate of drug-likeness (QED) is 0.298. The van der Waals surface area contributed by atoms with Crippen molar-refractivity contribution in [2.75, 3.05) is 19.8 Å². The Morgan fingerprint density at radius 2 is 1.09 bits per heavy atom. The van der Waals surface area contributed by atoms with Crippen LogP contribution in [0.3, 0.4) is 0 Å². The summed E-state index contributed by atoms with van der Waals surface area (Å²) in [5, 5.41) is 25.1. The zero-order valence-electron chi connectivity index (χ0n) is 15.1. The Morgan fingerprint density at radius 1 is 0.783 bits per heavy atom. The molecule has 0 aliphatic rings. The Morgan fingerprint density at radius 3 is 1.17 bits per heavy atom. The molecule has 0 atom stereocenters. The molecule has 0 fully saturated rings. The van der Waals surface area contributed by atoms with Gasteiger partial charge in [-0.15, -0.1) is 5.19 Å². The fourth-order valence-corrected chi connectivity index (χ4v) is 1.43. The molecule has 0 aromatic heterocycles. The first-order valence-corrected chi connectivity index (χ1v) is 9.51. The first-order valence-electron chi connectivity index (χ1n) is 8.27. The van der Waals surface area contributed by atoms with E-state index in [1.165, 1.54) is 0 Å². The van der Waals surface area contributed by atoms with E-state index in [0.717, 1.165) is 43.7 Å². The van der Waals surface area contributed by atoms with E-state index in [4.69, 9.17) is 15.3 Å². The van der Waals surface area contributed by atoms with Gasteiger partial charge in [-0.2, -0.15) is 12.1 Å². The zero-order chi connectivity index (χ0) is 17.5. The fourth-order valence-electron chi connectivity index (χ4n) is 0.977. The fraction of sp³-hybridized carbons (Fsp3) is 0.706. The van der Waals surface area contributed by atoms with Crippen molar-refractivity contribution in [1.82, 2.24) is 0 Å². The normalized spacial score (nSPS) is 8.83. The summed E-state index contributed by atoms with van der Waals surface area (Å²) in [6, 6.07) is 7.38. The number of aliphatic hydroxyl groups is 3. The van der Waals surface area contributed by atoms with E-state index >= 15 is 0 Å². The molecule has 138 valence electrons. The molecule has 23 heavy (non-hydrogen) atoms. The number of unbranched alkanes of at least 4 members (excludes halogenated alkanes) is 3. The first kappa shape index (κ1) is 31.1. The van der Waals surface area contributed by atoms with Crippen LogP contribution in [0.5, 0.6) is 0 Å². The summed E-state index contributed by atoms with van der Waals surface area (Å²) >= 11 is 0. The topological polar surface area (TPSA) is 60.7 Å². The Balaban J connectivity index is -0.000000105. The molecule has 0 saturated heterocycles. The van der Waals surface area contributed by atoms with Crippen molar-refractivity contribution < 1.29 is 45.3 Å². The Bertz CT molecular complexity index is 230. The molecule has 0 aliphatic heterocycles. The second-order valence-corrected chi connectivity index (χ2v) is 5.74. The van der Waals surface area contributed by atoms with Crippen LogP contribution in [-0.4, -0.2) is 45.0 Å². The molecule has 0 heterocycles. The number of halogens is 1. The Labute approximate surface area is 163 Å². The SMILES string of the molecule is CCCCO.CCCCO.CCCCO.F[SiH2][c-]1cccc1.[Hf]. The number of aliphatic hydroxyl groups excluding tert-OH is 3. The van der Waals surface area contributed by atoms with Crippen LogP contribution in [-0.2, 0) is 25.8 Å². The predicted octanol–water partition coefficient (Wildman–Crippen LogP) is 2.42. The second kappa shape index (κ2) is 33.8. The van der Waals surface area contributed by atoms with Crippen LogP contribution in [0.1, 0.15) is 59.3 Å². The third-order valence-electron chi connectivity index (χ3n) is 2.42. The average Bonchev–Trinajstić information content (AvgIpc) is 3.05. The molecule has 6 heteroatoms. The zero-order valence-corrected chi connectivity index (χ0v) is 20.1. The number of hydrogen-bond acceptors (Lipinski definition) is 3. The third-order valence-corrected chi connectivity index (χ3v) is 3.20. The average molecular weight is 514 g/mol. The molecule has 0 saturated carbocycles. The summed E-state index contributed by atoms with van der Waals surface area (Å²) in [4.78, 5) is 0. The molecule has 0 radical (unpaired) electrons. The maximum Gasteiger partial charge on any atom is 0.189 e. The third kappa shape index (κ3) is 39.2. The van der Waals surface area contributed by atoms with Crippen molar-refractivity contribution in [3.63, 3.8) is 0 Å². The van der Waals surface area contributed by atoms with Crippen LogP contribution >= 0.6 is 0 Å². The van der Waals surface area contributed by atoms with Crippen molar-refractivity contribution in [1.29, 1.82) is 0 Å². The van der Waals surface area contributed by atoms with Crippen molar-refractivity contribution in [3.8, 4) is 0 Å². The maximum absolute atomic E-state index is 11.7. The van der Waals surface area contributed by atoms with E-state index in [1.807, 2.05) is 24.3 Å². The maximum atomic E-state index is 11.7. The van der Waals surface area contributed by atoms with Gasteiger partial charge < -0.3 is 19.4 Å². The van der Waals surface area contributed by atoms with Gasteiger partial charge in [-0.05, 0) is 19.3 Å². The van der Waals surface area contributed by atoms with Gasteiger partial charge in [-0.1, -0.05) is 40.0 Å². The summed E-state index contributed by atoms with van der Waals surface area (Å²) in [6.45, 7) is 7.19. The largest absolute Gasteiger partial charge is 0.396 e. The predicted molar refractivity (Wildman–Crippen MR) is 97.3 cm³/mol. The standard InChI is InChI=1S/C5H6FSi.3C4H10O.Hf/c6-7-5-3-1-2-4-5;3*1-2-3-4-5;/h1-4H,7H2;3*5H,2-4H2,1H3;/q-1;;;;. The summed E-state index contributed by atoms with van der Waals surface area (Å²) in [6.07, 6.45) is 6.11. The van der Waals surface area contributed by atoms with Crippen LogP contribution in [0.25, 0.3) is 0 Å². The number of hydrogen-bond donors (Lipinski definition) is 3. The van der Waals surface area contributed by atoms with Crippen molar-refractivity contribution in [2.24, 2.45) is 0 Å². The van der Waals surface area contributed by atoms with E-state index in [1.54, 1.807) is 0 Å². The van der Waals surface area contributed by atoms with Crippen molar-refractivity contribution >= 4 is 15.0 Å². The molecule has 1 rings (SSSR count). The van der Waals surface area contributed by atoms with Gasteiger partial charge in [0.2, 0.25) is 0 Å². The van der Waals surface area contributed by atoms with E-state index < -0.39 is 9.85 Å². The minimum atomic E-state index is -1.37. The Hall–Kier alpha value is 0.247. The van der Waals surface area contributed by atoms with Gasteiger partial charge in [0.25, 0.3) is 0 Å². The van der Waals surface area contributed by atoms with Gasteiger partial charge >= 0.3 is 0 Å². The molecule has 1 aromatic rings. The molecular formula is C17H36FHfO3Si-. The molecule has 3 N–H and O–H groups in total. The smallest absolute Gasteiger partial charge is 0.189 e. The van der Waals surface area contributed by atoms with Gasteiger partial charge in [0.1, 0.15) is 0 Å². The second-order valence-electron chi connectivity index (χ2n) is 4.66. The van der Waals surface area contributed by atoms with E-state index in [-0.39, 0.29) is 25.8 Å². The van der Waals surface area contributed by atoms with Crippen LogP contribution in [0.4, 0.5) is 4.11 Å². The van der Waals surface area contributed by atoms with Crippen LogP contribution < -0.4 is 5.19 Å². The monoisotopic (exact) mass is 515 g/mol. The molecule has 0 unspecified atom stereocenters. The van der Waals surface area contributed by atoms with Gasteiger partial charge in [0.15, 0.2) is 9.85 Å². The first-order chi connectivity index (χ1) is 10.7. The molecule has 1 aromatic carbocycles. The molecule has 0 spiro atoms. The summed E-state index contributed by atoms with van der Waals surface area (Å²) in [5.41, 5.74) is 0. The van der Waals surface area contributed by atoms with Crippen LogP contribution in [0.15, 0.2) is 24.3 Å². The summed E-state index contributed by atoms with van der Waals surface area (Å²) in [7, 11) is -1.37. The molecule has 3 nitrogen and oxygen atoms in total. The summed E-state index contributed by atoms with van der Waals surface area (Å²) in [5.74, 6) is 0. The van der Waals surface area contributed by atoms with Gasteiger partial charge in [0.05, 0.1) is 0 Å². The van der Waals surface area contributed by atoms with E-state index in [0.29, 0.717) is 19.8 Å². The van der Waals surface area contributed by atoms with Crippen molar-refractivity contribution in [2.45, 2.75) is 59.3 Å². The van der Waals surface area contributed by atoms with Crippen LogP contribution in [0.2, 0.25) is 0 Å². The Kier molecular flexibility index (Phi) is 45.6. The summed E-state index contributed by atoms with van der Waals surface area (Å²) < 4.78 is 11.7. The van der Waals surface area contributed by atoms with Crippen molar-refractivity contribution in [3.05, 3.63) is 24.3 Å². The van der Waals surface area contributed by atoms with Gasteiger partial charge in [0, 0.05) is 45.7 Å². The molecule has 0 bridgehead atoms. The van der Waals surface area contributed by atoms with Crippen LogP contribution in [0, 0.1) is 0 Å². The minimum absolute atomic E-state index is 0. The van der Waals surface area contributed by atoms with E-state index in [2.05, 4.69) is 20.8 Å². The number of rotatable bonds is 7. The molecule has 0 amide bonds. The van der Waals surface area contributed by atoms with Gasteiger partial charge in [-0.3, -0.25) is 0 Å².